The van der Waals surface area contributed by atoms with Crippen LogP contribution in [-0.4, -0.2) is 28.7 Å². The summed E-state index contributed by atoms with van der Waals surface area (Å²) in [6.45, 7) is 5.97. The minimum absolute atomic E-state index is 0.0557. The molecule has 0 fully saturated rings. The molecule has 0 aliphatic heterocycles. The van der Waals surface area contributed by atoms with Gasteiger partial charge in [-0.05, 0) is 37.1 Å². The van der Waals surface area contributed by atoms with Gasteiger partial charge in [0.25, 0.3) is 0 Å². The van der Waals surface area contributed by atoms with Crippen LogP contribution >= 0.6 is 0 Å². The average Bonchev–Trinajstić information content (AvgIpc) is 2.95. The van der Waals surface area contributed by atoms with Crippen molar-refractivity contribution in [2.75, 3.05) is 11.9 Å². The predicted octanol–water partition coefficient (Wildman–Crippen LogP) is 2.90. The van der Waals surface area contributed by atoms with Crippen LogP contribution in [0.5, 0.6) is 0 Å². The Morgan fingerprint density at radius 2 is 1.91 bits per heavy atom. The predicted molar refractivity (Wildman–Crippen MR) is 83.8 cm³/mol. The van der Waals surface area contributed by atoms with Gasteiger partial charge in [0.15, 0.2) is 0 Å². The molecule has 0 saturated heterocycles. The maximum Gasteiger partial charge on any atom is 0.338 e. The van der Waals surface area contributed by atoms with Gasteiger partial charge in [0.05, 0.1) is 12.2 Å². The Balaban J connectivity index is 2.05. The third kappa shape index (κ3) is 4.64. The molecule has 0 saturated carbocycles. The fourth-order valence-electron chi connectivity index (χ4n) is 1.89. The molecule has 0 aliphatic carbocycles. The second kappa shape index (κ2) is 7.53. The van der Waals surface area contributed by atoms with Gasteiger partial charge in [0.2, 0.25) is 11.8 Å². The van der Waals surface area contributed by atoms with Crippen LogP contribution in [0.1, 0.15) is 37.6 Å². The van der Waals surface area contributed by atoms with Crippen molar-refractivity contribution in [3.8, 4) is 11.5 Å². The molecule has 0 atom stereocenters. The number of amides is 1. The summed E-state index contributed by atoms with van der Waals surface area (Å²) in [4.78, 5) is 23.2. The van der Waals surface area contributed by atoms with E-state index in [0.29, 0.717) is 24.2 Å². The highest BCUT2D eigenvalue weighted by Crippen LogP contribution is 2.20. The minimum atomic E-state index is -0.383. The molecule has 0 bridgehead atoms. The number of anilines is 1. The molecule has 0 unspecified atom stereocenters. The number of rotatable bonds is 6. The summed E-state index contributed by atoms with van der Waals surface area (Å²) >= 11 is 0. The quantitative estimate of drug-likeness (QED) is 0.823. The first kappa shape index (κ1) is 16.7. The van der Waals surface area contributed by atoms with Gasteiger partial charge >= 0.3 is 12.0 Å². The van der Waals surface area contributed by atoms with E-state index in [4.69, 9.17) is 9.15 Å². The van der Waals surface area contributed by atoms with E-state index < -0.39 is 0 Å². The molecule has 1 N–H and O–H groups in total. The van der Waals surface area contributed by atoms with Gasteiger partial charge in [-0.1, -0.05) is 18.9 Å². The number of carbonyl (C=O) groups excluding carboxylic acids is 2. The van der Waals surface area contributed by atoms with Gasteiger partial charge in [0.1, 0.15) is 0 Å². The molecular weight excluding hydrogens is 298 g/mol. The number of hydrogen-bond acceptors (Lipinski definition) is 6. The van der Waals surface area contributed by atoms with Crippen molar-refractivity contribution < 1.29 is 18.7 Å². The zero-order chi connectivity index (χ0) is 16.8. The molecule has 0 radical (unpaired) electrons. The first-order valence-electron chi connectivity index (χ1n) is 7.40. The summed E-state index contributed by atoms with van der Waals surface area (Å²) in [7, 11) is 0. The van der Waals surface area contributed by atoms with E-state index in [1.54, 1.807) is 31.2 Å². The standard InChI is InChI=1S/C16H19N3O4/c1-4-22-15(21)12-7-5-11(6-8-12)14-18-19-16(23-14)17-13(20)9-10(2)3/h5-8,10H,4,9H2,1-3H3,(H,17,19,20). The maximum atomic E-state index is 11.7. The van der Waals surface area contributed by atoms with Crippen molar-refractivity contribution >= 4 is 17.9 Å². The van der Waals surface area contributed by atoms with Crippen molar-refractivity contribution in [1.82, 2.24) is 10.2 Å². The zero-order valence-corrected chi connectivity index (χ0v) is 13.3. The molecular formula is C16H19N3O4. The Bertz CT molecular complexity index is 677. The van der Waals surface area contributed by atoms with Crippen molar-refractivity contribution in [3.05, 3.63) is 29.8 Å². The molecule has 2 rings (SSSR count). The van der Waals surface area contributed by atoms with E-state index in [0.717, 1.165) is 0 Å². The fraction of sp³-hybridized carbons (Fsp3) is 0.375. The summed E-state index contributed by atoms with van der Waals surface area (Å²) in [5.41, 5.74) is 1.09. The van der Waals surface area contributed by atoms with E-state index in [-0.39, 0.29) is 29.7 Å². The van der Waals surface area contributed by atoms with Crippen molar-refractivity contribution in [1.29, 1.82) is 0 Å². The van der Waals surface area contributed by atoms with Gasteiger partial charge in [-0.3, -0.25) is 10.1 Å². The Morgan fingerprint density at radius 3 is 2.52 bits per heavy atom. The Labute approximate surface area is 134 Å². The van der Waals surface area contributed by atoms with Gasteiger partial charge < -0.3 is 9.15 Å². The summed E-state index contributed by atoms with van der Waals surface area (Å²) in [6.07, 6.45) is 0.381. The number of nitrogens with zero attached hydrogens (tertiary/aromatic N) is 2. The molecule has 1 aromatic carbocycles. The lowest BCUT2D eigenvalue weighted by Crippen LogP contribution is -2.13. The van der Waals surface area contributed by atoms with E-state index in [9.17, 15) is 9.59 Å². The van der Waals surface area contributed by atoms with Crippen LogP contribution in [0.3, 0.4) is 0 Å². The first-order chi connectivity index (χ1) is 11.0. The van der Waals surface area contributed by atoms with Crippen LogP contribution in [0.4, 0.5) is 6.01 Å². The lowest BCUT2D eigenvalue weighted by atomic mass is 10.1. The van der Waals surface area contributed by atoms with Gasteiger partial charge in [0, 0.05) is 12.0 Å². The second-order valence-electron chi connectivity index (χ2n) is 5.36. The summed E-state index contributed by atoms with van der Waals surface area (Å²) in [6, 6.07) is 6.65. The van der Waals surface area contributed by atoms with Crippen LogP contribution in [0.2, 0.25) is 0 Å². The molecule has 7 heteroatoms. The van der Waals surface area contributed by atoms with Crippen molar-refractivity contribution in [2.45, 2.75) is 27.2 Å². The third-order valence-corrected chi connectivity index (χ3v) is 2.91. The SMILES string of the molecule is CCOC(=O)c1ccc(-c2nnc(NC(=O)CC(C)C)o2)cc1. The normalized spacial score (nSPS) is 10.6. The molecule has 0 spiro atoms. The molecule has 122 valence electrons. The molecule has 1 amide bonds. The fourth-order valence-corrected chi connectivity index (χ4v) is 1.89. The Morgan fingerprint density at radius 1 is 1.22 bits per heavy atom. The van der Waals surface area contributed by atoms with Gasteiger partial charge in [-0.2, -0.15) is 0 Å². The van der Waals surface area contributed by atoms with Crippen molar-refractivity contribution in [2.24, 2.45) is 5.92 Å². The van der Waals surface area contributed by atoms with Gasteiger partial charge in [-0.15, -0.1) is 5.10 Å². The van der Waals surface area contributed by atoms with Crippen LogP contribution in [0, 0.1) is 5.92 Å². The second-order valence-corrected chi connectivity index (χ2v) is 5.36. The highest BCUT2D eigenvalue weighted by atomic mass is 16.5. The lowest BCUT2D eigenvalue weighted by molar-refractivity contribution is -0.117. The molecule has 23 heavy (non-hydrogen) atoms. The lowest BCUT2D eigenvalue weighted by Gasteiger charge is -2.03. The number of aromatic nitrogens is 2. The third-order valence-electron chi connectivity index (χ3n) is 2.91. The summed E-state index contributed by atoms with van der Waals surface area (Å²) in [5, 5.41) is 10.2. The molecule has 1 aromatic heterocycles. The monoisotopic (exact) mass is 317 g/mol. The highest BCUT2D eigenvalue weighted by molar-refractivity contribution is 5.90. The van der Waals surface area contributed by atoms with E-state index in [1.807, 2.05) is 13.8 Å². The average molecular weight is 317 g/mol. The molecule has 1 heterocycles. The molecule has 0 aliphatic rings. The van der Waals surface area contributed by atoms with Crippen LogP contribution < -0.4 is 5.32 Å². The minimum Gasteiger partial charge on any atom is -0.462 e. The topological polar surface area (TPSA) is 94.3 Å². The van der Waals surface area contributed by atoms with E-state index in [1.165, 1.54) is 0 Å². The number of ether oxygens (including phenoxy) is 1. The zero-order valence-electron chi connectivity index (χ0n) is 13.3. The smallest absolute Gasteiger partial charge is 0.338 e. The Kier molecular flexibility index (Phi) is 5.46. The van der Waals surface area contributed by atoms with Crippen LogP contribution in [0.25, 0.3) is 11.5 Å². The van der Waals surface area contributed by atoms with E-state index in [2.05, 4.69) is 15.5 Å². The summed E-state index contributed by atoms with van der Waals surface area (Å²) < 4.78 is 10.3. The van der Waals surface area contributed by atoms with E-state index >= 15 is 0 Å². The molecule has 7 nitrogen and oxygen atoms in total. The largest absolute Gasteiger partial charge is 0.462 e. The number of carbonyl (C=O) groups is 2. The Hall–Kier alpha value is -2.70. The number of hydrogen-bond donors (Lipinski definition) is 1. The van der Waals surface area contributed by atoms with Gasteiger partial charge in [-0.25, -0.2) is 4.79 Å². The van der Waals surface area contributed by atoms with Crippen LogP contribution in [-0.2, 0) is 9.53 Å². The maximum absolute atomic E-state index is 11.7. The summed E-state index contributed by atoms with van der Waals surface area (Å²) in [5.74, 6) is -0.0489. The molecule has 2 aromatic rings. The van der Waals surface area contributed by atoms with Crippen molar-refractivity contribution in [3.63, 3.8) is 0 Å². The number of benzene rings is 1. The highest BCUT2D eigenvalue weighted by Gasteiger charge is 2.13. The van der Waals surface area contributed by atoms with Crippen LogP contribution in [0.15, 0.2) is 28.7 Å². The number of esters is 1. The first-order valence-corrected chi connectivity index (χ1v) is 7.40. The number of nitrogens with one attached hydrogen (secondary N) is 1.